The van der Waals surface area contributed by atoms with E-state index in [1.807, 2.05) is 6.92 Å². The maximum Gasteiger partial charge on any atom is 0.312 e. The molecule has 1 aliphatic carbocycles. The lowest BCUT2D eigenvalue weighted by atomic mass is 9.67. The van der Waals surface area contributed by atoms with Gasteiger partial charge in [0.1, 0.15) is 6.10 Å². The maximum absolute atomic E-state index is 13.3. The smallest absolute Gasteiger partial charge is 0.312 e. The lowest BCUT2D eigenvalue weighted by molar-refractivity contribution is -0.174. The summed E-state index contributed by atoms with van der Waals surface area (Å²) in [4.78, 5) is 25.2. The first-order chi connectivity index (χ1) is 16.5. The van der Waals surface area contributed by atoms with Gasteiger partial charge in [0, 0.05) is 0 Å². The number of esters is 1. The van der Waals surface area contributed by atoms with Crippen LogP contribution >= 0.6 is 0 Å². The summed E-state index contributed by atoms with van der Waals surface area (Å²) in [5.74, 6) is -1.16. The molecule has 0 bridgehead atoms. The molecule has 206 valence electrons. The van der Waals surface area contributed by atoms with Gasteiger partial charge in [-0.1, -0.05) is 105 Å². The Bertz CT molecular complexity index is 593. The fourth-order valence-electron chi connectivity index (χ4n) is 6.00. The summed E-state index contributed by atoms with van der Waals surface area (Å²) in [5.41, 5.74) is -0.594. The normalized spacial score (nSPS) is 22.5. The molecule has 0 aromatic rings. The molecule has 0 spiro atoms. The van der Waals surface area contributed by atoms with Gasteiger partial charge in [-0.2, -0.15) is 0 Å². The number of carboxylic acids is 1. The monoisotopic (exact) mass is 494 g/mol. The number of ether oxygens (including phenoxy) is 1. The van der Waals surface area contributed by atoms with Gasteiger partial charge in [-0.15, -0.1) is 0 Å². The number of carbonyl (C=O) groups is 2. The number of carboxylic acid groups (broad SMARTS) is 1. The number of rotatable bonds is 18. The second-order valence-electron chi connectivity index (χ2n) is 13.0. The van der Waals surface area contributed by atoms with E-state index < -0.39 is 17.3 Å². The van der Waals surface area contributed by atoms with Gasteiger partial charge in [-0.25, -0.2) is 0 Å². The van der Waals surface area contributed by atoms with Gasteiger partial charge in [0.05, 0.1) is 11.3 Å². The summed E-state index contributed by atoms with van der Waals surface area (Å²) >= 11 is 0. The van der Waals surface area contributed by atoms with Gasteiger partial charge in [-0.05, 0) is 63.2 Å². The number of hydrogen-bond donors (Lipinski definition) is 1. The topological polar surface area (TPSA) is 63.6 Å². The third-order valence-corrected chi connectivity index (χ3v) is 8.07. The zero-order chi connectivity index (χ0) is 26.3. The molecule has 1 rings (SSSR count). The van der Waals surface area contributed by atoms with Crippen LogP contribution in [0.25, 0.3) is 0 Å². The molecule has 4 heteroatoms. The summed E-state index contributed by atoms with van der Waals surface area (Å²) in [6, 6.07) is 0. The number of carbonyl (C=O) groups excluding carboxylic acids is 1. The van der Waals surface area contributed by atoms with Crippen LogP contribution in [0, 0.1) is 22.7 Å². The van der Waals surface area contributed by atoms with E-state index in [0.29, 0.717) is 24.2 Å². The van der Waals surface area contributed by atoms with Gasteiger partial charge < -0.3 is 9.84 Å². The molecule has 0 aromatic heterocycles. The number of unbranched alkanes of at least 4 members (excludes halogenated alkanes) is 9. The highest BCUT2D eigenvalue weighted by molar-refractivity contribution is 5.84. The molecule has 1 fully saturated rings. The summed E-state index contributed by atoms with van der Waals surface area (Å²) in [5, 5.41) is 9.74. The Morgan fingerprint density at radius 3 is 2.03 bits per heavy atom. The molecule has 1 N–H and O–H groups in total. The van der Waals surface area contributed by atoms with Gasteiger partial charge in [-0.3, -0.25) is 9.59 Å². The van der Waals surface area contributed by atoms with Crippen LogP contribution in [0.4, 0.5) is 0 Å². The lowest BCUT2D eigenvalue weighted by Gasteiger charge is -2.38. The molecule has 1 aliphatic rings. The molecule has 0 aromatic carbocycles. The highest BCUT2D eigenvalue weighted by Crippen LogP contribution is 2.43. The summed E-state index contributed by atoms with van der Waals surface area (Å²) in [6.07, 6.45) is 19.8. The van der Waals surface area contributed by atoms with Gasteiger partial charge >= 0.3 is 11.9 Å². The van der Waals surface area contributed by atoms with Crippen molar-refractivity contribution in [2.45, 2.75) is 163 Å². The molecule has 0 saturated heterocycles. The number of aliphatic carboxylic acids is 1. The van der Waals surface area contributed by atoms with Gasteiger partial charge in [0.15, 0.2) is 0 Å². The van der Waals surface area contributed by atoms with Crippen LogP contribution in [-0.4, -0.2) is 23.1 Å². The van der Waals surface area contributed by atoms with Crippen LogP contribution < -0.4 is 0 Å². The highest BCUT2D eigenvalue weighted by Gasteiger charge is 2.48. The van der Waals surface area contributed by atoms with Crippen molar-refractivity contribution in [3.8, 4) is 0 Å². The van der Waals surface area contributed by atoms with Gasteiger partial charge in [0.25, 0.3) is 0 Å². The van der Waals surface area contributed by atoms with Crippen LogP contribution in [0.15, 0.2) is 0 Å². The predicted octanol–water partition coefficient (Wildman–Crippen LogP) is 9.34. The number of hydrogen-bond acceptors (Lipinski definition) is 3. The van der Waals surface area contributed by atoms with Crippen LogP contribution in [0.1, 0.15) is 157 Å². The van der Waals surface area contributed by atoms with Crippen molar-refractivity contribution < 1.29 is 19.4 Å². The van der Waals surface area contributed by atoms with Crippen molar-refractivity contribution in [1.82, 2.24) is 0 Å². The van der Waals surface area contributed by atoms with Crippen molar-refractivity contribution in [3.63, 3.8) is 0 Å². The maximum atomic E-state index is 13.3. The van der Waals surface area contributed by atoms with Crippen LogP contribution in [0.5, 0.6) is 0 Å². The van der Waals surface area contributed by atoms with Crippen molar-refractivity contribution >= 4 is 11.9 Å². The Labute approximate surface area is 217 Å². The molecule has 4 atom stereocenters. The lowest BCUT2D eigenvalue weighted by Crippen LogP contribution is -2.44. The van der Waals surface area contributed by atoms with Crippen molar-refractivity contribution in [3.05, 3.63) is 0 Å². The average molecular weight is 495 g/mol. The Balaban J connectivity index is 2.58. The second-order valence-corrected chi connectivity index (χ2v) is 13.0. The molecule has 35 heavy (non-hydrogen) atoms. The van der Waals surface area contributed by atoms with E-state index in [0.717, 1.165) is 44.9 Å². The molecule has 0 heterocycles. The summed E-state index contributed by atoms with van der Waals surface area (Å²) in [7, 11) is 0. The van der Waals surface area contributed by atoms with E-state index in [9.17, 15) is 14.7 Å². The minimum Gasteiger partial charge on any atom is -0.481 e. The quantitative estimate of drug-likeness (QED) is 0.152. The van der Waals surface area contributed by atoms with Crippen molar-refractivity contribution in [2.75, 3.05) is 0 Å². The van der Waals surface area contributed by atoms with Crippen LogP contribution in [0.2, 0.25) is 0 Å². The van der Waals surface area contributed by atoms with Crippen molar-refractivity contribution in [1.29, 1.82) is 0 Å². The average Bonchev–Trinajstić information content (AvgIpc) is 2.77. The Kier molecular flexibility index (Phi) is 15.2. The standard InChI is InChI=1S/C31H58O4/c1-7-8-9-10-11-12-13-14-15-16-19-26(22-21-25(2)24-30(3,4)5)35-29(34)31(6)23-18-17-20-27(31)28(32)33/h25-27H,7-24H2,1-6H3,(H,32,33). The third-order valence-electron chi connectivity index (χ3n) is 8.07. The fourth-order valence-corrected chi connectivity index (χ4v) is 6.00. The second kappa shape index (κ2) is 16.6. The minimum absolute atomic E-state index is 0.0906. The largest absolute Gasteiger partial charge is 0.481 e. The first kappa shape index (κ1) is 32.0. The third kappa shape index (κ3) is 13.2. The molecule has 1 saturated carbocycles. The Morgan fingerprint density at radius 1 is 0.914 bits per heavy atom. The molecular formula is C31H58O4. The van der Waals surface area contributed by atoms with Crippen LogP contribution in [-0.2, 0) is 14.3 Å². The van der Waals surface area contributed by atoms with E-state index in [1.54, 1.807) is 0 Å². The molecular weight excluding hydrogens is 436 g/mol. The first-order valence-electron chi connectivity index (χ1n) is 14.9. The Hall–Kier alpha value is -1.06. The molecule has 0 aliphatic heterocycles. The van der Waals surface area contributed by atoms with E-state index >= 15 is 0 Å². The van der Waals surface area contributed by atoms with Crippen LogP contribution in [0.3, 0.4) is 0 Å². The fraction of sp³-hybridized carbons (Fsp3) is 0.935. The van der Waals surface area contributed by atoms with E-state index in [4.69, 9.17) is 4.74 Å². The predicted molar refractivity (Wildman–Crippen MR) is 147 cm³/mol. The SMILES string of the molecule is CCCCCCCCCCCCC(CCC(C)CC(C)(C)C)OC(=O)C1(C)CCCCC1C(=O)O. The van der Waals surface area contributed by atoms with E-state index in [1.165, 1.54) is 57.8 Å². The highest BCUT2D eigenvalue weighted by atomic mass is 16.5. The van der Waals surface area contributed by atoms with E-state index in [-0.39, 0.29) is 12.1 Å². The minimum atomic E-state index is -0.892. The molecule has 0 amide bonds. The molecule has 0 radical (unpaired) electrons. The molecule has 4 unspecified atom stereocenters. The Morgan fingerprint density at radius 2 is 1.49 bits per heavy atom. The summed E-state index contributed by atoms with van der Waals surface area (Å²) < 4.78 is 6.13. The van der Waals surface area contributed by atoms with Gasteiger partial charge in [0.2, 0.25) is 0 Å². The zero-order valence-electron chi connectivity index (χ0n) is 24.1. The summed E-state index contributed by atoms with van der Waals surface area (Å²) in [6.45, 7) is 13.2. The van der Waals surface area contributed by atoms with Crippen molar-refractivity contribution in [2.24, 2.45) is 22.7 Å². The first-order valence-corrected chi connectivity index (χ1v) is 14.9. The molecule has 4 nitrogen and oxygen atoms in total. The zero-order valence-corrected chi connectivity index (χ0v) is 24.1. The van der Waals surface area contributed by atoms with E-state index in [2.05, 4.69) is 34.6 Å².